The molecule has 1 aliphatic rings. The first-order chi connectivity index (χ1) is 19.5. The van der Waals surface area contributed by atoms with Crippen molar-refractivity contribution in [1.29, 1.82) is 0 Å². The number of carbonyl (C=O) groups excluding carboxylic acids is 2. The highest BCUT2D eigenvalue weighted by Gasteiger charge is 2.36. The summed E-state index contributed by atoms with van der Waals surface area (Å²) in [6.07, 6.45) is 4.26. The number of urea groups is 1. The molecule has 0 fully saturated rings. The van der Waals surface area contributed by atoms with Crippen LogP contribution in [0.1, 0.15) is 45.3 Å². The maximum atomic E-state index is 13.8. The molecule has 204 valence electrons. The molecule has 1 aliphatic carbocycles. The van der Waals surface area contributed by atoms with Crippen molar-refractivity contribution < 1.29 is 23.9 Å². The van der Waals surface area contributed by atoms with Gasteiger partial charge in [0.2, 0.25) is 5.91 Å². The average Bonchev–Trinajstić information content (AvgIpc) is 3.49. The molecule has 40 heavy (non-hydrogen) atoms. The molecule has 3 amide bonds. The number of carboxylic acids is 1. The predicted molar refractivity (Wildman–Crippen MR) is 151 cm³/mol. The number of aryl methyl sites for hydroxylation is 1. The smallest absolute Gasteiger partial charge is 0.335 e. The summed E-state index contributed by atoms with van der Waals surface area (Å²) in [7, 11) is 0. The Bertz CT molecular complexity index is 1470. The molecule has 0 spiro atoms. The van der Waals surface area contributed by atoms with Gasteiger partial charge in [0.15, 0.2) is 0 Å². The zero-order valence-electron chi connectivity index (χ0n) is 22.0. The van der Waals surface area contributed by atoms with Crippen molar-refractivity contribution in [2.24, 2.45) is 5.92 Å². The molecule has 8 nitrogen and oxygen atoms in total. The number of amides is 3. The van der Waals surface area contributed by atoms with E-state index in [1.807, 2.05) is 41.3 Å². The van der Waals surface area contributed by atoms with Crippen LogP contribution in [-0.4, -0.2) is 34.5 Å². The summed E-state index contributed by atoms with van der Waals surface area (Å²) < 4.78 is 5.64. The van der Waals surface area contributed by atoms with Crippen molar-refractivity contribution in [1.82, 2.24) is 10.2 Å². The lowest BCUT2D eigenvalue weighted by molar-refractivity contribution is -0.135. The van der Waals surface area contributed by atoms with Gasteiger partial charge in [0, 0.05) is 5.69 Å². The molecule has 5 rings (SSSR count). The van der Waals surface area contributed by atoms with Crippen LogP contribution in [-0.2, 0) is 24.2 Å². The van der Waals surface area contributed by atoms with E-state index in [0.717, 1.165) is 24.8 Å². The number of hydrogen-bond donors (Lipinski definition) is 3. The summed E-state index contributed by atoms with van der Waals surface area (Å²) >= 11 is 0. The Morgan fingerprint density at radius 2 is 1.73 bits per heavy atom. The number of aromatic carboxylic acids is 1. The van der Waals surface area contributed by atoms with Crippen LogP contribution in [0.15, 0.2) is 102 Å². The van der Waals surface area contributed by atoms with Crippen molar-refractivity contribution in [3.63, 3.8) is 0 Å². The van der Waals surface area contributed by atoms with Gasteiger partial charge in [-0.05, 0) is 72.2 Å². The van der Waals surface area contributed by atoms with Crippen LogP contribution in [0.5, 0.6) is 0 Å². The number of hydrogen-bond acceptors (Lipinski definition) is 4. The van der Waals surface area contributed by atoms with Crippen LogP contribution >= 0.6 is 0 Å². The molecule has 1 aromatic heterocycles. The maximum absolute atomic E-state index is 13.8. The van der Waals surface area contributed by atoms with Gasteiger partial charge in [-0.2, -0.15) is 0 Å². The molecule has 0 radical (unpaired) electrons. The quantitative estimate of drug-likeness (QED) is 0.255. The van der Waals surface area contributed by atoms with Gasteiger partial charge < -0.3 is 25.1 Å². The molecule has 4 aromatic rings. The second kappa shape index (κ2) is 12.3. The molecule has 0 saturated carbocycles. The van der Waals surface area contributed by atoms with Crippen LogP contribution in [0.3, 0.4) is 0 Å². The molecule has 3 aromatic carbocycles. The van der Waals surface area contributed by atoms with E-state index in [4.69, 9.17) is 4.42 Å². The van der Waals surface area contributed by atoms with Crippen LogP contribution in [0, 0.1) is 5.92 Å². The topological polar surface area (TPSA) is 112 Å². The molecule has 0 saturated heterocycles. The lowest BCUT2D eigenvalue weighted by Gasteiger charge is -2.41. The highest BCUT2D eigenvalue weighted by atomic mass is 16.4. The molecule has 0 aliphatic heterocycles. The Hall–Kier alpha value is -4.85. The van der Waals surface area contributed by atoms with Crippen molar-refractivity contribution in [3.05, 3.63) is 125 Å². The number of rotatable bonds is 9. The van der Waals surface area contributed by atoms with Gasteiger partial charge in [0.1, 0.15) is 5.76 Å². The molecule has 2 atom stereocenters. The fourth-order valence-electron chi connectivity index (χ4n) is 5.43. The molecule has 3 N–H and O–H groups in total. The number of benzene rings is 3. The van der Waals surface area contributed by atoms with E-state index < -0.39 is 12.0 Å². The lowest BCUT2D eigenvalue weighted by Crippen LogP contribution is -2.46. The summed E-state index contributed by atoms with van der Waals surface area (Å²) in [6.45, 7) is 0.0297. The largest absolute Gasteiger partial charge is 0.478 e. The van der Waals surface area contributed by atoms with E-state index in [1.54, 1.807) is 24.5 Å². The van der Waals surface area contributed by atoms with Crippen LogP contribution < -0.4 is 10.6 Å². The van der Waals surface area contributed by atoms with E-state index >= 15 is 0 Å². The van der Waals surface area contributed by atoms with Gasteiger partial charge in [-0.15, -0.1) is 0 Å². The minimum atomic E-state index is -1.09. The van der Waals surface area contributed by atoms with E-state index in [0.29, 0.717) is 11.4 Å². The third-order valence-electron chi connectivity index (χ3n) is 7.28. The fourth-order valence-corrected chi connectivity index (χ4v) is 5.43. The number of fused-ring (bicyclic) bond motifs is 1. The third-order valence-corrected chi connectivity index (χ3v) is 7.28. The first kappa shape index (κ1) is 26.7. The minimum absolute atomic E-state index is 0.0546. The van der Waals surface area contributed by atoms with Crippen LogP contribution in [0.4, 0.5) is 10.5 Å². The summed E-state index contributed by atoms with van der Waals surface area (Å²) in [5.41, 5.74) is 3.92. The zero-order chi connectivity index (χ0) is 27.9. The van der Waals surface area contributed by atoms with Crippen LogP contribution in [0.25, 0.3) is 0 Å². The van der Waals surface area contributed by atoms with E-state index in [2.05, 4.69) is 34.9 Å². The average molecular weight is 538 g/mol. The summed E-state index contributed by atoms with van der Waals surface area (Å²) in [5, 5.41) is 14.5. The number of anilines is 1. The second-order valence-corrected chi connectivity index (χ2v) is 9.93. The summed E-state index contributed by atoms with van der Waals surface area (Å²) in [6, 6.07) is 27.3. The SMILES string of the molecule is O=C(NCC(=O)N(Cc1ccco1)C1c2ccccc2CCC1Cc1ccccc1)Nc1cccc(C(=O)O)c1. The molecule has 8 heteroatoms. The van der Waals surface area contributed by atoms with Crippen molar-refractivity contribution >= 4 is 23.6 Å². The molecule has 1 heterocycles. The number of furan rings is 1. The Kier molecular flexibility index (Phi) is 8.25. The normalized spacial score (nSPS) is 16.0. The fraction of sp³-hybridized carbons (Fsp3) is 0.219. The molecular formula is C32H31N3O5. The lowest BCUT2D eigenvalue weighted by atomic mass is 9.76. The van der Waals surface area contributed by atoms with Crippen molar-refractivity contribution in [3.8, 4) is 0 Å². The first-order valence-corrected chi connectivity index (χ1v) is 13.3. The van der Waals surface area contributed by atoms with Gasteiger partial charge in [0.25, 0.3) is 0 Å². The van der Waals surface area contributed by atoms with Gasteiger partial charge in [-0.3, -0.25) is 4.79 Å². The summed E-state index contributed by atoms with van der Waals surface area (Å²) in [4.78, 5) is 39.6. The van der Waals surface area contributed by atoms with Gasteiger partial charge in [0.05, 0.1) is 31.0 Å². The Labute approximate surface area is 232 Å². The predicted octanol–water partition coefficient (Wildman–Crippen LogP) is 5.67. The number of nitrogens with one attached hydrogen (secondary N) is 2. The first-order valence-electron chi connectivity index (χ1n) is 13.3. The van der Waals surface area contributed by atoms with Gasteiger partial charge in [-0.25, -0.2) is 9.59 Å². The summed E-state index contributed by atoms with van der Waals surface area (Å²) in [5.74, 6) is -0.509. The standard InChI is InChI=1S/C32H31N3O5/c36-29(20-33-32(39)34-26-12-6-11-25(19-26)31(37)38)35(21-27-13-7-17-40-27)30-24(18-22-8-2-1-3-9-22)16-15-23-10-4-5-14-28(23)30/h1-14,17,19,24,30H,15-16,18,20-21H2,(H,37,38)(H2,33,34,39). The Balaban J connectivity index is 1.38. The monoisotopic (exact) mass is 537 g/mol. The Morgan fingerprint density at radius 1 is 0.925 bits per heavy atom. The number of carboxylic acid groups (broad SMARTS) is 1. The maximum Gasteiger partial charge on any atom is 0.335 e. The third kappa shape index (κ3) is 6.40. The second-order valence-electron chi connectivity index (χ2n) is 9.93. The van der Waals surface area contributed by atoms with Crippen LogP contribution in [0.2, 0.25) is 0 Å². The molecular weight excluding hydrogens is 506 g/mol. The number of nitrogens with zero attached hydrogens (tertiary/aromatic N) is 1. The van der Waals surface area contributed by atoms with Crippen molar-refractivity contribution in [2.45, 2.75) is 31.8 Å². The minimum Gasteiger partial charge on any atom is -0.478 e. The van der Waals surface area contributed by atoms with Gasteiger partial charge in [-0.1, -0.05) is 60.7 Å². The van der Waals surface area contributed by atoms with E-state index in [1.165, 1.54) is 23.3 Å². The zero-order valence-corrected chi connectivity index (χ0v) is 22.0. The van der Waals surface area contributed by atoms with E-state index in [-0.39, 0.29) is 36.5 Å². The highest BCUT2D eigenvalue weighted by Crippen LogP contribution is 2.41. The van der Waals surface area contributed by atoms with Gasteiger partial charge >= 0.3 is 12.0 Å². The number of carbonyl (C=O) groups is 3. The van der Waals surface area contributed by atoms with E-state index in [9.17, 15) is 19.5 Å². The molecule has 2 unspecified atom stereocenters. The molecule has 0 bridgehead atoms. The highest BCUT2D eigenvalue weighted by molar-refractivity contribution is 5.94. The van der Waals surface area contributed by atoms with Crippen molar-refractivity contribution in [2.75, 3.05) is 11.9 Å². The Morgan fingerprint density at radius 3 is 2.50 bits per heavy atom.